The Balaban J connectivity index is 1.73. The lowest BCUT2D eigenvalue weighted by Gasteiger charge is -2.21. The second-order valence-corrected chi connectivity index (χ2v) is 5.76. The molecular formula is C14H21NOS. The summed E-state index contributed by atoms with van der Waals surface area (Å²) in [5.74, 6) is 4.50. The number of ether oxygens (including phenoxy) is 1. The van der Waals surface area contributed by atoms with E-state index in [1.54, 1.807) is 7.11 Å². The van der Waals surface area contributed by atoms with E-state index in [0.29, 0.717) is 0 Å². The van der Waals surface area contributed by atoms with Crippen molar-refractivity contribution >= 4 is 11.8 Å². The maximum Gasteiger partial charge on any atom is 0.119 e. The first kappa shape index (κ1) is 12.8. The maximum absolute atomic E-state index is 5.22. The minimum atomic E-state index is 0.877. The van der Waals surface area contributed by atoms with Crippen LogP contribution in [0.2, 0.25) is 0 Å². The molecule has 0 saturated carbocycles. The fourth-order valence-electron chi connectivity index (χ4n) is 2.15. The van der Waals surface area contributed by atoms with Gasteiger partial charge in [0.25, 0.3) is 0 Å². The van der Waals surface area contributed by atoms with Crippen molar-refractivity contribution in [3.8, 4) is 5.75 Å². The van der Waals surface area contributed by atoms with Gasteiger partial charge in [-0.3, -0.25) is 0 Å². The molecule has 0 aliphatic carbocycles. The molecule has 0 spiro atoms. The maximum atomic E-state index is 5.22. The zero-order valence-corrected chi connectivity index (χ0v) is 11.3. The van der Waals surface area contributed by atoms with Gasteiger partial charge in [-0.05, 0) is 54.5 Å². The Morgan fingerprint density at radius 3 is 2.94 bits per heavy atom. The van der Waals surface area contributed by atoms with Crippen LogP contribution in [0.15, 0.2) is 24.3 Å². The van der Waals surface area contributed by atoms with Gasteiger partial charge >= 0.3 is 0 Å². The van der Waals surface area contributed by atoms with Gasteiger partial charge in [0.05, 0.1) is 7.11 Å². The number of hydrogen-bond donors (Lipinski definition) is 1. The smallest absolute Gasteiger partial charge is 0.119 e. The molecule has 1 heterocycles. The molecule has 1 aromatic carbocycles. The molecule has 0 amide bonds. The van der Waals surface area contributed by atoms with Crippen LogP contribution in [0.4, 0.5) is 0 Å². The van der Waals surface area contributed by atoms with Crippen molar-refractivity contribution < 1.29 is 4.74 Å². The minimum Gasteiger partial charge on any atom is -0.497 e. The summed E-state index contributed by atoms with van der Waals surface area (Å²) in [5, 5.41) is 3.56. The molecular weight excluding hydrogens is 230 g/mol. The first-order valence-electron chi connectivity index (χ1n) is 6.30. The van der Waals surface area contributed by atoms with E-state index in [4.69, 9.17) is 4.74 Å². The predicted octanol–water partition coefficient (Wildman–Crippen LogP) is 2.93. The first-order valence-corrected chi connectivity index (χ1v) is 7.45. The van der Waals surface area contributed by atoms with Crippen LogP contribution >= 0.6 is 11.8 Å². The molecule has 1 fully saturated rings. The van der Waals surface area contributed by atoms with Gasteiger partial charge in [0, 0.05) is 6.54 Å². The summed E-state index contributed by atoms with van der Waals surface area (Å²) >= 11 is 2.09. The molecule has 2 nitrogen and oxygen atoms in total. The van der Waals surface area contributed by atoms with Gasteiger partial charge in [-0.2, -0.15) is 11.8 Å². The van der Waals surface area contributed by atoms with Crippen molar-refractivity contribution in [3.05, 3.63) is 29.8 Å². The number of rotatable bonds is 5. The lowest BCUT2D eigenvalue weighted by atomic mass is 10.0. The third-order valence-electron chi connectivity index (χ3n) is 3.24. The first-order chi connectivity index (χ1) is 8.38. The van der Waals surface area contributed by atoms with E-state index in [9.17, 15) is 0 Å². The monoisotopic (exact) mass is 251 g/mol. The van der Waals surface area contributed by atoms with Crippen LogP contribution in [0.5, 0.6) is 5.75 Å². The highest BCUT2D eigenvalue weighted by atomic mass is 32.2. The Bertz CT molecular complexity index is 337. The van der Waals surface area contributed by atoms with Gasteiger partial charge in [0.1, 0.15) is 5.75 Å². The molecule has 0 radical (unpaired) electrons. The second-order valence-electron chi connectivity index (χ2n) is 4.54. The highest BCUT2D eigenvalue weighted by molar-refractivity contribution is 7.99. The molecule has 1 aliphatic rings. The van der Waals surface area contributed by atoms with Crippen molar-refractivity contribution in [2.24, 2.45) is 5.92 Å². The van der Waals surface area contributed by atoms with Crippen LogP contribution < -0.4 is 10.1 Å². The van der Waals surface area contributed by atoms with E-state index in [1.807, 2.05) is 12.1 Å². The van der Waals surface area contributed by atoms with Gasteiger partial charge in [-0.25, -0.2) is 0 Å². The Kier molecular flexibility index (Phi) is 5.20. The number of hydrogen-bond acceptors (Lipinski definition) is 3. The van der Waals surface area contributed by atoms with E-state index < -0.39 is 0 Å². The SMILES string of the molecule is COc1cccc(CNCC2CCSCC2)c1. The molecule has 0 aromatic heterocycles. The standard InChI is InChI=1S/C14H21NOS/c1-16-14-4-2-3-13(9-14)11-15-10-12-5-7-17-8-6-12/h2-4,9,12,15H,5-8,10-11H2,1H3. The Hall–Kier alpha value is -0.670. The van der Waals surface area contributed by atoms with E-state index >= 15 is 0 Å². The number of methoxy groups -OCH3 is 1. The summed E-state index contributed by atoms with van der Waals surface area (Å²) in [6.07, 6.45) is 2.74. The quantitative estimate of drug-likeness (QED) is 0.869. The summed E-state index contributed by atoms with van der Waals surface area (Å²) in [6.45, 7) is 2.10. The molecule has 1 N–H and O–H groups in total. The highest BCUT2D eigenvalue weighted by Gasteiger charge is 2.12. The van der Waals surface area contributed by atoms with Gasteiger partial charge in [0.15, 0.2) is 0 Å². The fraction of sp³-hybridized carbons (Fsp3) is 0.571. The van der Waals surface area contributed by atoms with Gasteiger partial charge < -0.3 is 10.1 Å². The number of nitrogens with one attached hydrogen (secondary N) is 1. The van der Waals surface area contributed by atoms with Crippen LogP contribution in [0.1, 0.15) is 18.4 Å². The lowest BCUT2D eigenvalue weighted by molar-refractivity contribution is 0.413. The van der Waals surface area contributed by atoms with Crippen LogP contribution in [0, 0.1) is 5.92 Å². The normalized spacial score (nSPS) is 17.0. The molecule has 1 aromatic rings. The van der Waals surface area contributed by atoms with Crippen molar-refractivity contribution in [1.82, 2.24) is 5.32 Å². The fourth-order valence-corrected chi connectivity index (χ4v) is 3.36. The summed E-state index contributed by atoms with van der Waals surface area (Å²) in [5.41, 5.74) is 1.30. The minimum absolute atomic E-state index is 0.877. The van der Waals surface area contributed by atoms with E-state index in [2.05, 4.69) is 29.2 Å². The lowest BCUT2D eigenvalue weighted by Crippen LogP contribution is -2.25. The Morgan fingerprint density at radius 1 is 1.35 bits per heavy atom. The molecule has 0 bridgehead atoms. The van der Waals surface area contributed by atoms with Crippen LogP contribution in [0.3, 0.4) is 0 Å². The number of thioether (sulfide) groups is 1. The third kappa shape index (κ3) is 4.25. The molecule has 17 heavy (non-hydrogen) atoms. The highest BCUT2D eigenvalue weighted by Crippen LogP contribution is 2.22. The van der Waals surface area contributed by atoms with Crippen LogP contribution in [-0.4, -0.2) is 25.2 Å². The van der Waals surface area contributed by atoms with Crippen LogP contribution in [0.25, 0.3) is 0 Å². The summed E-state index contributed by atoms with van der Waals surface area (Å²) in [4.78, 5) is 0. The Morgan fingerprint density at radius 2 is 2.18 bits per heavy atom. The van der Waals surface area contributed by atoms with Crippen LogP contribution in [-0.2, 0) is 6.54 Å². The summed E-state index contributed by atoms with van der Waals surface area (Å²) < 4.78 is 5.22. The van der Waals surface area contributed by atoms with Crippen molar-refractivity contribution in [2.45, 2.75) is 19.4 Å². The van der Waals surface area contributed by atoms with Gasteiger partial charge in [-0.1, -0.05) is 12.1 Å². The zero-order valence-electron chi connectivity index (χ0n) is 10.4. The van der Waals surface area contributed by atoms with E-state index in [-0.39, 0.29) is 0 Å². The third-order valence-corrected chi connectivity index (χ3v) is 4.29. The number of benzene rings is 1. The molecule has 3 heteroatoms. The average Bonchev–Trinajstić information content (AvgIpc) is 2.40. The van der Waals surface area contributed by atoms with E-state index in [1.165, 1.54) is 29.9 Å². The van der Waals surface area contributed by atoms with E-state index in [0.717, 1.165) is 24.8 Å². The molecule has 1 aliphatic heterocycles. The van der Waals surface area contributed by atoms with Crippen molar-refractivity contribution in [3.63, 3.8) is 0 Å². The van der Waals surface area contributed by atoms with Crippen molar-refractivity contribution in [1.29, 1.82) is 0 Å². The summed E-state index contributed by atoms with van der Waals surface area (Å²) in [7, 11) is 1.71. The zero-order chi connectivity index (χ0) is 11.9. The topological polar surface area (TPSA) is 21.3 Å². The Labute approximate surface area is 108 Å². The summed E-state index contributed by atoms with van der Waals surface area (Å²) in [6, 6.07) is 8.28. The second kappa shape index (κ2) is 6.92. The molecule has 2 rings (SSSR count). The molecule has 0 unspecified atom stereocenters. The average molecular weight is 251 g/mol. The molecule has 94 valence electrons. The predicted molar refractivity (Wildman–Crippen MR) is 74.7 cm³/mol. The van der Waals surface area contributed by atoms with Crippen molar-refractivity contribution in [2.75, 3.05) is 25.2 Å². The van der Waals surface area contributed by atoms with Gasteiger partial charge in [0.2, 0.25) is 0 Å². The van der Waals surface area contributed by atoms with Gasteiger partial charge in [-0.15, -0.1) is 0 Å². The largest absolute Gasteiger partial charge is 0.497 e. The molecule has 1 saturated heterocycles. The molecule has 0 atom stereocenters.